The van der Waals surface area contributed by atoms with Crippen LogP contribution in [0.15, 0.2) is 12.1 Å². The Balaban J connectivity index is 3.24. The smallest absolute Gasteiger partial charge is 0.352 e. The van der Waals surface area contributed by atoms with E-state index in [4.69, 9.17) is 10.2 Å². The van der Waals surface area contributed by atoms with Gasteiger partial charge in [-0.1, -0.05) is 0 Å². The predicted molar refractivity (Wildman–Crippen MR) is 48.5 cm³/mol. The average molecular weight is 197 g/mol. The molecule has 5 heteroatoms. The molecule has 1 aromatic rings. The molecule has 0 aliphatic rings. The second-order valence-corrected chi connectivity index (χ2v) is 3.05. The molecule has 0 amide bonds. The number of carboxylic acid groups (broad SMARTS) is 2. The Labute approximate surface area is 80.6 Å². The van der Waals surface area contributed by atoms with E-state index in [1.54, 1.807) is 13.0 Å². The van der Waals surface area contributed by atoms with Crippen LogP contribution in [-0.4, -0.2) is 26.7 Å². The molecular formula is C9H11NO4. The number of hydrogen-bond donors (Lipinski definition) is 2. The standard InChI is InChI=1S/C9H11NO4/c1-5-3-4-7(9(13)14)10(5)6(2)8(11)12/h3-4,6H,1-2H3,(H,11,12)(H,13,14). The molecule has 0 spiro atoms. The summed E-state index contributed by atoms with van der Waals surface area (Å²) in [6.45, 7) is 3.12. The van der Waals surface area contributed by atoms with E-state index in [2.05, 4.69) is 0 Å². The summed E-state index contributed by atoms with van der Waals surface area (Å²) in [5, 5.41) is 17.6. The quantitative estimate of drug-likeness (QED) is 0.761. The minimum absolute atomic E-state index is 0.00241. The molecule has 1 unspecified atom stereocenters. The summed E-state index contributed by atoms with van der Waals surface area (Å²) in [7, 11) is 0. The Morgan fingerprint density at radius 3 is 2.36 bits per heavy atom. The first-order chi connectivity index (χ1) is 6.45. The van der Waals surface area contributed by atoms with Crippen molar-refractivity contribution in [1.29, 1.82) is 0 Å². The van der Waals surface area contributed by atoms with Crippen LogP contribution in [0.2, 0.25) is 0 Å². The van der Waals surface area contributed by atoms with Gasteiger partial charge < -0.3 is 14.8 Å². The topological polar surface area (TPSA) is 79.5 Å². The Kier molecular flexibility index (Phi) is 2.60. The van der Waals surface area contributed by atoms with Crippen LogP contribution in [0.25, 0.3) is 0 Å². The summed E-state index contributed by atoms with van der Waals surface area (Å²) in [5.74, 6) is -2.17. The number of rotatable bonds is 3. The van der Waals surface area contributed by atoms with Crippen LogP contribution in [0.1, 0.15) is 29.1 Å². The Morgan fingerprint density at radius 1 is 1.36 bits per heavy atom. The van der Waals surface area contributed by atoms with Gasteiger partial charge in [0, 0.05) is 5.69 Å². The molecule has 0 radical (unpaired) electrons. The fourth-order valence-electron chi connectivity index (χ4n) is 1.35. The fraction of sp³-hybridized carbons (Fsp3) is 0.333. The largest absolute Gasteiger partial charge is 0.480 e. The van der Waals surface area contributed by atoms with Gasteiger partial charge in [-0.25, -0.2) is 9.59 Å². The van der Waals surface area contributed by atoms with E-state index in [0.717, 1.165) is 0 Å². The molecule has 0 saturated heterocycles. The first-order valence-corrected chi connectivity index (χ1v) is 4.09. The number of carbonyl (C=O) groups is 2. The number of aryl methyl sites for hydroxylation is 1. The van der Waals surface area contributed by atoms with Gasteiger partial charge in [0.2, 0.25) is 0 Å². The van der Waals surface area contributed by atoms with Gasteiger partial charge >= 0.3 is 11.9 Å². The third-order valence-electron chi connectivity index (χ3n) is 2.09. The van der Waals surface area contributed by atoms with E-state index in [1.165, 1.54) is 17.6 Å². The lowest BCUT2D eigenvalue weighted by Crippen LogP contribution is -2.20. The molecule has 0 aromatic carbocycles. The zero-order chi connectivity index (χ0) is 10.9. The molecule has 1 rings (SSSR count). The molecule has 0 aliphatic carbocycles. The van der Waals surface area contributed by atoms with E-state index in [1.807, 2.05) is 0 Å². The number of aromatic nitrogens is 1. The van der Waals surface area contributed by atoms with Gasteiger partial charge in [-0.15, -0.1) is 0 Å². The summed E-state index contributed by atoms with van der Waals surface area (Å²) < 4.78 is 1.28. The first-order valence-electron chi connectivity index (χ1n) is 4.09. The van der Waals surface area contributed by atoms with Crippen LogP contribution < -0.4 is 0 Å². The van der Waals surface area contributed by atoms with Crippen molar-refractivity contribution in [1.82, 2.24) is 4.57 Å². The highest BCUT2D eigenvalue weighted by Gasteiger charge is 2.20. The summed E-state index contributed by atoms with van der Waals surface area (Å²) in [4.78, 5) is 21.5. The molecule has 5 nitrogen and oxygen atoms in total. The van der Waals surface area contributed by atoms with Crippen LogP contribution in [-0.2, 0) is 4.79 Å². The number of aliphatic carboxylic acids is 1. The van der Waals surface area contributed by atoms with Gasteiger partial charge in [-0.3, -0.25) is 0 Å². The minimum Gasteiger partial charge on any atom is -0.480 e. The van der Waals surface area contributed by atoms with Gasteiger partial charge in [0.1, 0.15) is 11.7 Å². The molecule has 0 fully saturated rings. The van der Waals surface area contributed by atoms with Gasteiger partial charge in [0.05, 0.1) is 0 Å². The summed E-state index contributed by atoms with van der Waals surface area (Å²) in [5.41, 5.74) is 0.620. The SMILES string of the molecule is Cc1ccc(C(=O)O)n1C(C)C(=O)O. The molecule has 1 heterocycles. The molecule has 14 heavy (non-hydrogen) atoms. The molecule has 1 atom stereocenters. The summed E-state index contributed by atoms with van der Waals surface area (Å²) in [6, 6.07) is 2.12. The van der Waals surface area contributed by atoms with E-state index < -0.39 is 18.0 Å². The second kappa shape index (κ2) is 3.53. The molecule has 0 aliphatic heterocycles. The fourth-order valence-corrected chi connectivity index (χ4v) is 1.35. The lowest BCUT2D eigenvalue weighted by atomic mass is 10.3. The predicted octanol–water partition coefficient (Wildman–Crippen LogP) is 1.14. The molecule has 0 bridgehead atoms. The third kappa shape index (κ3) is 1.61. The highest BCUT2D eigenvalue weighted by molar-refractivity contribution is 5.87. The lowest BCUT2D eigenvalue weighted by molar-refractivity contribution is -0.140. The monoisotopic (exact) mass is 197 g/mol. The van der Waals surface area contributed by atoms with Crippen LogP contribution in [0.3, 0.4) is 0 Å². The van der Waals surface area contributed by atoms with Crippen molar-refractivity contribution in [2.75, 3.05) is 0 Å². The number of aromatic carboxylic acids is 1. The van der Waals surface area contributed by atoms with Crippen molar-refractivity contribution in [2.45, 2.75) is 19.9 Å². The maximum absolute atomic E-state index is 10.7. The van der Waals surface area contributed by atoms with E-state index in [0.29, 0.717) is 5.69 Å². The van der Waals surface area contributed by atoms with Crippen molar-refractivity contribution < 1.29 is 19.8 Å². The van der Waals surface area contributed by atoms with E-state index >= 15 is 0 Å². The van der Waals surface area contributed by atoms with Crippen molar-refractivity contribution in [3.63, 3.8) is 0 Å². The van der Waals surface area contributed by atoms with Crippen LogP contribution in [0.5, 0.6) is 0 Å². The minimum atomic E-state index is -1.12. The average Bonchev–Trinajstić information content (AvgIpc) is 2.45. The molecular weight excluding hydrogens is 186 g/mol. The Morgan fingerprint density at radius 2 is 1.93 bits per heavy atom. The summed E-state index contributed by atoms with van der Waals surface area (Å²) in [6.07, 6.45) is 0. The number of carboxylic acids is 2. The lowest BCUT2D eigenvalue weighted by Gasteiger charge is -2.13. The molecule has 76 valence electrons. The third-order valence-corrected chi connectivity index (χ3v) is 2.09. The van der Waals surface area contributed by atoms with Crippen LogP contribution in [0.4, 0.5) is 0 Å². The van der Waals surface area contributed by atoms with E-state index in [-0.39, 0.29) is 5.69 Å². The second-order valence-electron chi connectivity index (χ2n) is 3.05. The van der Waals surface area contributed by atoms with Crippen molar-refractivity contribution >= 4 is 11.9 Å². The van der Waals surface area contributed by atoms with Gasteiger partial charge in [-0.05, 0) is 26.0 Å². The molecule has 1 aromatic heterocycles. The van der Waals surface area contributed by atoms with Crippen molar-refractivity contribution in [2.24, 2.45) is 0 Å². The maximum Gasteiger partial charge on any atom is 0.352 e. The number of nitrogens with zero attached hydrogens (tertiary/aromatic N) is 1. The zero-order valence-electron chi connectivity index (χ0n) is 7.89. The van der Waals surface area contributed by atoms with Crippen molar-refractivity contribution in [3.8, 4) is 0 Å². The molecule has 2 N–H and O–H groups in total. The highest BCUT2D eigenvalue weighted by Crippen LogP contribution is 2.16. The van der Waals surface area contributed by atoms with E-state index in [9.17, 15) is 9.59 Å². The Bertz CT molecular complexity index is 380. The normalized spacial score (nSPS) is 12.4. The first kappa shape index (κ1) is 10.3. The van der Waals surface area contributed by atoms with Crippen LogP contribution in [0, 0.1) is 6.92 Å². The highest BCUT2D eigenvalue weighted by atomic mass is 16.4. The number of hydrogen-bond acceptors (Lipinski definition) is 2. The maximum atomic E-state index is 10.7. The Hall–Kier alpha value is -1.78. The zero-order valence-corrected chi connectivity index (χ0v) is 7.89. The molecule has 0 saturated carbocycles. The van der Waals surface area contributed by atoms with Gasteiger partial charge in [-0.2, -0.15) is 0 Å². The van der Waals surface area contributed by atoms with Crippen LogP contribution >= 0.6 is 0 Å². The van der Waals surface area contributed by atoms with Crippen molar-refractivity contribution in [3.05, 3.63) is 23.5 Å². The summed E-state index contributed by atoms with van der Waals surface area (Å²) >= 11 is 0. The van der Waals surface area contributed by atoms with Gasteiger partial charge in [0.25, 0.3) is 0 Å². The van der Waals surface area contributed by atoms with Gasteiger partial charge in [0.15, 0.2) is 0 Å².